The van der Waals surface area contributed by atoms with E-state index in [2.05, 4.69) is 11.9 Å². The predicted octanol–water partition coefficient (Wildman–Crippen LogP) is 0.380. The highest BCUT2D eigenvalue weighted by atomic mass is 16.5. The maximum Gasteiger partial charge on any atom is 0.331 e. The topological polar surface area (TPSA) is 75.6 Å². The number of hydrogen-bond acceptors (Lipinski definition) is 4. The van der Waals surface area contributed by atoms with Crippen LogP contribution in [0.2, 0.25) is 0 Å². The average molecular weight is 229 g/mol. The van der Waals surface area contributed by atoms with Crippen molar-refractivity contribution < 1.29 is 19.4 Å². The number of ether oxygens (including phenoxy) is 1. The van der Waals surface area contributed by atoms with Crippen LogP contribution in [-0.4, -0.2) is 35.2 Å². The smallest absolute Gasteiger partial charge is 0.331 e. The van der Waals surface area contributed by atoms with E-state index in [0.717, 1.165) is 0 Å². The number of esters is 1. The minimum absolute atomic E-state index is 0.267. The van der Waals surface area contributed by atoms with Crippen LogP contribution in [0.15, 0.2) is 12.2 Å². The van der Waals surface area contributed by atoms with Gasteiger partial charge in [0, 0.05) is 5.57 Å². The molecule has 0 heterocycles. The van der Waals surface area contributed by atoms with E-state index in [0.29, 0.717) is 0 Å². The molecule has 0 radical (unpaired) electrons. The first-order valence-corrected chi connectivity index (χ1v) is 5.10. The molecule has 5 nitrogen and oxygen atoms in total. The Balaban J connectivity index is 4.56. The minimum atomic E-state index is -1.06. The van der Waals surface area contributed by atoms with Crippen LogP contribution in [0.4, 0.5) is 0 Å². The van der Waals surface area contributed by atoms with Crippen molar-refractivity contribution in [3.8, 4) is 0 Å². The lowest BCUT2D eigenvalue weighted by atomic mass is 10.1. The van der Waals surface area contributed by atoms with Crippen LogP contribution < -0.4 is 5.32 Å². The Morgan fingerprint density at radius 3 is 2.12 bits per heavy atom. The second kappa shape index (κ2) is 6.27. The summed E-state index contributed by atoms with van der Waals surface area (Å²) in [6.07, 6.45) is -1.31. The van der Waals surface area contributed by atoms with Crippen LogP contribution >= 0.6 is 0 Å². The maximum atomic E-state index is 11.5. The van der Waals surface area contributed by atoms with E-state index < -0.39 is 24.0 Å². The lowest BCUT2D eigenvalue weighted by molar-refractivity contribution is -0.154. The lowest BCUT2D eigenvalue weighted by Crippen LogP contribution is -2.49. The molecule has 0 saturated carbocycles. The molecule has 0 aromatic rings. The Labute approximate surface area is 95.5 Å². The Morgan fingerprint density at radius 1 is 1.31 bits per heavy atom. The highest BCUT2D eigenvalue weighted by Crippen LogP contribution is 2.01. The zero-order valence-corrected chi connectivity index (χ0v) is 10.1. The van der Waals surface area contributed by atoms with Crippen molar-refractivity contribution in [1.29, 1.82) is 0 Å². The molecule has 2 N–H and O–H groups in total. The maximum absolute atomic E-state index is 11.5. The van der Waals surface area contributed by atoms with E-state index in [-0.39, 0.29) is 11.7 Å². The van der Waals surface area contributed by atoms with Gasteiger partial charge in [0.1, 0.15) is 0 Å². The molecule has 0 fully saturated rings. The van der Waals surface area contributed by atoms with Crippen LogP contribution in [-0.2, 0) is 14.3 Å². The SMILES string of the molecule is C=C(C)C(=O)N[C@H](C(=O)OC(C)C)[C@@H](C)O. The van der Waals surface area contributed by atoms with Crippen molar-refractivity contribution in [2.75, 3.05) is 0 Å². The Bertz CT molecular complexity index is 284. The third-order valence-electron chi connectivity index (χ3n) is 1.76. The Morgan fingerprint density at radius 2 is 1.81 bits per heavy atom. The van der Waals surface area contributed by atoms with E-state index in [4.69, 9.17) is 4.74 Å². The summed E-state index contributed by atoms with van der Waals surface area (Å²) in [6, 6.07) is -1.06. The number of aliphatic hydroxyl groups is 1. The number of aliphatic hydroxyl groups excluding tert-OH is 1. The molecule has 0 rings (SSSR count). The monoisotopic (exact) mass is 229 g/mol. The largest absolute Gasteiger partial charge is 0.461 e. The fourth-order valence-electron chi connectivity index (χ4n) is 0.947. The number of rotatable bonds is 5. The van der Waals surface area contributed by atoms with Crippen molar-refractivity contribution >= 4 is 11.9 Å². The zero-order chi connectivity index (χ0) is 12.9. The predicted molar refractivity (Wildman–Crippen MR) is 59.7 cm³/mol. The average Bonchev–Trinajstić information content (AvgIpc) is 2.11. The fraction of sp³-hybridized carbons (Fsp3) is 0.636. The molecule has 92 valence electrons. The van der Waals surface area contributed by atoms with Gasteiger partial charge in [-0.05, 0) is 27.7 Å². The first-order valence-electron chi connectivity index (χ1n) is 5.10. The van der Waals surface area contributed by atoms with Crippen LogP contribution in [0.5, 0.6) is 0 Å². The molecule has 0 bridgehead atoms. The van der Waals surface area contributed by atoms with Gasteiger partial charge >= 0.3 is 5.97 Å². The number of nitrogens with one attached hydrogen (secondary N) is 1. The third-order valence-corrected chi connectivity index (χ3v) is 1.76. The summed E-state index contributed by atoms with van der Waals surface area (Å²) < 4.78 is 4.91. The third kappa shape index (κ3) is 4.93. The van der Waals surface area contributed by atoms with Gasteiger partial charge in [-0.3, -0.25) is 4.79 Å². The summed E-state index contributed by atoms with van der Waals surface area (Å²) >= 11 is 0. The molecule has 0 aliphatic heterocycles. The first kappa shape index (κ1) is 14.6. The zero-order valence-electron chi connectivity index (χ0n) is 10.1. The Kier molecular flexibility index (Phi) is 5.74. The van der Waals surface area contributed by atoms with Gasteiger partial charge in [-0.25, -0.2) is 4.79 Å². The second-order valence-corrected chi connectivity index (χ2v) is 3.96. The molecule has 0 aromatic heterocycles. The van der Waals surface area contributed by atoms with E-state index >= 15 is 0 Å². The molecule has 0 aliphatic carbocycles. The van der Waals surface area contributed by atoms with Gasteiger partial charge in [0.05, 0.1) is 12.2 Å². The number of amides is 1. The summed E-state index contributed by atoms with van der Waals surface area (Å²) in [6.45, 7) is 9.75. The minimum Gasteiger partial charge on any atom is -0.461 e. The molecular formula is C11H19NO4. The van der Waals surface area contributed by atoms with Crippen molar-refractivity contribution in [2.45, 2.75) is 45.9 Å². The summed E-state index contributed by atoms with van der Waals surface area (Å²) in [5.74, 6) is -1.13. The lowest BCUT2D eigenvalue weighted by Gasteiger charge is -2.21. The van der Waals surface area contributed by atoms with E-state index in [9.17, 15) is 14.7 Å². The van der Waals surface area contributed by atoms with E-state index in [1.807, 2.05) is 0 Å². The van der Waals surface area contributed by atoms with Crippen LogP contribution in [0.25, 0.3) is 0 Å². The van der Waals surface area contributed by atoms with Crippen molar-refractivity contribution in [3.05, 3.63) is 12.2 Å². The fourth-order valence-corrected chi connectivity index (χ4v) is 0.947. The van der Waals surface area contributed by atoms with Gasteiger partial charge in [-0.2, -0.15) is 0 Å². The molecule has 2 atom stereocenters. The Hall–Kier alpha value is -1.36. The van der Waals surface area contributed by atoms with Gasteiger partial charge in [-0.1, -0.05) is 6.58 Å². The molecular weight excluding hydrogens is 210 g/mol. The van der Waals surface area contributed by atoms with Crippen molar-refractivity contribution in [1.82, 2.24) is 5.32 Å². The van der Waals surface area contributed by atoms with Gasteiger partial charge in [0.25, 0.3) is 0 Å². The quantitative estimate of drug-likeness (QED) is 0.528. The molecule has 0 aliphatic rings. The van der Waals surface area contributed by atoms with Crippen molar-refractivity contribution in [2.24, 2.45) is 0 Å². The van der Waals surface area contributed by atoms with Gasteiger partial charge in [-0.15, -0.1) is 0 Å². The normalized spacial score (nSPS) is 14.1. The van der Waals surface area contributed by atoms with Gasteiger partial charge in [0.15, 0.2) is 6.04 Å². The molecule has 16 heavy (non-hydrogen) atoms. The molecule has 5 heteroatoms. The summed E-state index contributed by atoms with van der Waals surface area (Å²) in [5, 5.41) is 11.7. The van der Waals surface area contributed by atoms with Gasteiger partial charge in [0.2, 0.25) is 5.91 Å². The van der Waals surface area contributed by atoms with Crippen LogP contribution in [0, 0.1) is 0 Å². The number of carbonyl (C=O) groups is 2. The van der Waals surface area contributed by atoms with E-state index in [1.54, 1.807) is 13.8 Å². The summed E-state index contributed by atoms with van der Waals surface area (Å²) in [4.78, 5) is 22.8. The molecule has 1 amide bonds. The van der Waals surface area contributed by atoms with Gasteiger partial charge < -0.3 is 15.2 Å². The van der Waals surface area contributed by atoms with E-state index in [1.165, 1.54) is 13.8 Å². The molecule has 0 spiro atoms. The molecule has 0 unspecified atom stereocenters. The molecule has 0 saturated heterocycles. The van der Waals surface area contributed by atoms with Crippen molar-refractivity contribution in [3.63, 3.8) is 0 Å². The van der Waals surface area contributed by atoms with Crippen LogP contribution in [0.3, 0.4) is 0 Å². The highest BCUT2D eigenvalue weighted by Gasteiger charge is 2.27. The number of carbonyl (C=O) groups excluding carboxylic acids is 2. The summed E-state index contributed by atoms with van der Waals surface area (Å²) in [7, 11) is 0. The molecule has 0 aromatic carbocycles. The first-order chi connectivity index (χ1) is 7.25. The highest BCUT2D eigenvalue weighted by molar-refractivity contribution is 5.95. The number of hydrogen-bond donors (Lipinski definition) is 2. The van der Waals surface area contributed by atoms with Crippen LogP contribution in [0.1, 0.15) is 27.7 Å². The standard InChI is InChI=1S/C11H19NO4/c1-6(2)10(14)12-9(8(5)13)11(15)16-7(3)4/h7-9,13H,1H2,2-5H3,(H,12,14)/t8-,9+/m1/s1. The summed E-state index contributed by atoms with van der Waals surface area (Å²) in [5.41, 5.74) is 0.267. The second-order valence-electron chi connectivity index (χ2n) is 3.96.